The molecule has 2 heterocycles. The zero-order chi connectivity index (χ0) is 24.1. The van der Waals surface area contributed by atoms with Crippen LogP contribution in [0.4, 0.5) is 11.8 Å². The van der Waals surface area contributed by atoms with Gasteiger partial charge >= 0.3 is 0 Å². The van der Waals surface area contributed by atoms with Crippen LogP contribution in [0.1, 0.15) is 25.7 Å². The number of para-hydroxylation sites is 1. The smallest absolute Gasteiger partial charge is 0.240 e. The summed E-state index contributed by atoms with van der Waals surface area (Å²) < 4.78 is 33.3. The molecule has 5 rings (SSSR count). The molecule has 2 aliphatic rings. The van der Waals surface area contributed by atoms with Crippen molar-refractivity contribution < 1.29 is 13.2 Å². The first kappa shape index (κ1) is 24.0. The Morgan fingerprint density at radius 2 is 1.51 bits per heavy atom. The van der Waals surface area contributed by atoms with Crippen LogP contribution >= 0.6 is 0 Å². The van der Waals surface area contributed by atoms with E-state index in [0.29, 0.717) is 42.4 Å². The average Bonchev–Trinajstić information content (AvgIpc) is 2.92. The SMILES string of the molecule is O=S(=O)(NCC1CCC(CNc2nc(N3CCOCC3)c3ccccc3n2)CC1)c1ccccc1. The lowest BCUT2D eigenvalue weighted by atomic mass is 9.82. The number of hydrogen-bond donors (Lipinski definition) is 2. The molecule has 0 atom stereocenters. The van der Waals surface area contributed by atoms with Gasteiger partial charge in [-0.3, -0.25) is 0 Å². The summed E-state index contributed by atoms with van der Waals surface area (Å²) in [4.78, 5) is 12.2. The standard InChI is InChI=1S/C26H33N5O3S/c32-35(33,22-6-2-1-3-7-22)28-19-21-12-10-20(11-13-21)18-27-26-29-24-9-5-4-8-23(24)25(30-26)31-14-16-34-17-15-31/h1-9,20-21,28H,10-19H2,(H,27,29,30). The highest BCUT2D eigenvalue weighted by atomic mass is 32.2. The molecule has 0 amide bonds. The van der Waals surface area contributed by atoms with Crippen molar-refractivity contribution in [2.24, 2.45) is 11.8 Å². The van der Waals surface area contributed by atoms with Crippen LogP contribution in [0.3, 0.4) is 0 Å². The van der Waals surface area contributed by atoms with Crippen LogP contribution in [0.5, 0.6) is 0 Å². The molecule has 1 aliphatic heterocycles. The van der Waals surface area contributed by atoms with Crippen LogP contribution in [-0.4, -0.2) is 57.8 Å². The van der Waals surface area contributed by atoms with Gasteiger partial charge in [-0.15, -0.1) is 0 Å². The number of aromatic nitrogens is 2. The third kappa shape index (κ3) is 5.91. The zero-order valence-corrected chi connectivity index (χ0v) is 20.7. The minimum atomic E-state index is -3.44. The quantitative estimate of drug-likeness (QED) is 0.492. The predicted octanol–water partition coefficient (Wildman–Crippen LogP) is 3.66. The molecule has 1 saturated carbocycles. The second kappa shape index (κ2) is 10.9. The molecule has 1 aromatic heterocycles. The van der Waals surface area contributed by atoms with Crippen LogP contribution < -0.4 is 14.9 Å². The van der Waals surface area contributed by atoms with Crippen molar-refractivity contribution in [1.82, 2.24) is 14.7 Å². The van der Waals surface area contributed by atoms with Crippen molar-refractivity contribution >= 4 is 32.7 Å². The summed E-state index contributed by atoms with van der Waals surface area (Å²) >= 11 is 0. The van der Waals surface area contributed by atoms with Gasteiger partial charge in [0.15, 0.2) is 0 Å². The normalized spacial score (nSPS) is 21.2. The Labute approximate surface area is 207 Å². The minimum Gasteiger partial charge on any atom is -0.378 e. The van der Waals surface area contributed by atoms with Gasteiger partial charge in [0.2, 0.25) is 16.0 Å². The van der Waals surface area contributed by atoms with Crippen LogP contribution in [0.2, 0.25) is 0 Å². The molecule has 1 aliphatic carbocycles. The highest BCUT2D eigenvalue weighted by molar-refractivity contribution is 7.89. The van der Waals surface area contributed by atoms with Crippen molar-refractivity contribution in [2.75, 3.05) is 49.6 Å². The van der Waals surface area contributed by atoms with Gasteiger partial charge in [-0.1, -0.05) is 30.3 Å². The molecule has 0 unspecified atom stereocenters. The molecular weight excluding hydrogens is 462 g/mol. The number of sulfonamides is 1. The van der Waals surface area contributed by atoms with E-state index in [1.54, 1.807) is 24.3 Å². The lowest BCUT2D eigenvalue weighted by Gasteiger charge is -2.30. The number of ether oxygens (including phenoxy) is 1. The third-order valence-electron chi connectivity index (χ3n) is 7.02. The van der Waals surface area contributed by atoms with Gasteiger partial charge in [-0.25, -0.2) is 18.1 Å². The first-order chi connectivity index (χ1) is 17.1. The Hall–Kier alpha value is -2.75. The number of fused-ring (bicyclic) bond motifs is 1. The van der Waals surface area contributed by atoms with Crippen LogP contribution in [-0.2, 0) is 14.8 Å². The average molecular weight is 496 g/mol. The number of hydrogen-bond acceptors (Lipinski definition) is 7. The fourth-order valence-corrected chi connectivity index (χ4v) is 6.08. The Morgan fingerprint density at radius 1 is 0.857 bits per heavy atom. The van der Waals surface area contributed by atoms with Gasteiger partial charge in [0.05, 0.1) is 23.6 Å². The maximum atomic E-state index is 12.5. The van der Waals surface area contributed by atoms with E-state index in [2.05, 4.69) is 21.0 Å². The Morgan fingerprint density at radius 3 is 2.26 bits per heavy atom. The molecule has 186 valence electrons. The summed E-state index contributed by atoms with van der Waals surface area (Å²) in [6.45, 7) is 4.41. The first-order valence-corrected chi connectivity index (χ1v) is 13.9. The molecule has 2 N–H and O–H groups in total. The van der Waals surface area contributed by atoms with Gasteiger partial charge in [0.1, 0.15) is 5.82 Å². The van der Waals surface area contributed by atoms with E-state index in [1.807, 2.05) is 24.3 Å². The Bertz CT molecular complexity index is 1220. The van der Waals surface area contributed by atoms with Crippen molar-refractivity contribution in [3.63, 3.8) is 0 Å². The number of nitrogens with one attached hydrogen (secondary N) is 2. The maximum Gasteiger partial charge on any atom is 0.240 e. The molecular formula is C26H33N5O3S. The molecule has 35 heavy (non-hydrogen) atoms. The summed E-state index contributed by atoms with van der Waals surface area (Å²) in [5.74, 6) is 2.53. The van der Waals surface area contributed by atoms with E-state index in [-0.39, 0.29) is 0 Å². The van der Waals surface area contributed by atoms with E-state index in [1.165, 1.54) is 0 Å². The second-order valence-electron chi connectivity index (χ2n) is 9.42. The number of anilines is 2. The summed E-state index contributed by atoms with van der Waals surface area (Å²) in [7, 11) is -3.44. The number of benzene rings is 2. The van der Waals surface area contributed by atoms with E-state index in [4.69, 9.17) is 14.7 Å². The lowest BCUT2D eigenvalue weighted by Crippen LogP contribution is -2.37. The highest BCUT2D eigenvalue weighted by Crippen LogP contribution is 2.30. The van der Waals surface area contributed by atoms with E-state index >= 15 is 0 Å². The van der Waals surface area contributed by atoms with Gasteiger partial charge in [-0.2, -0.15) is 4.98 Å². The monoisotopic (exact) mass is 495 g/mol. The minimum absolute atomic E-state index is 0.324. The molecule has 0 spiro atoms. The van der Waals surface area contributed by atoms with Gasteiger partial charge in [0.25, 0.3) is 0 Å². The fourth-order valence-electron chi connectivity index (χ4n) is 4.94. The Kier molecular flexibility index (Phi) is 7.46. The van der Waals surface area contributed by atoms with Crippen molar-refractivity contribution in [3.05, 3.63) is 54.6 Å². The lowest BCUT2D eigenvalue weighted by molar-refractivity contribution is 0.122. The fraction of sp³-hybridized carbons (Fsp3) is 0.462. The van der Waals surface area contributed by atoms with E-state index < -0.39 is 10.0 Å². The molecule has 8 nitrogen and oxygen atoms in total. The number of nitrogens with zero attached hydrogens (tertiary/aromatic N) is 3. The van der Waals surface area contributed by atoms with Crippen LogP contribution in [0.15, 0.2) is 59.5 Å². The van der Waals surface area contributed by atoms with Gasteiger partial charge in [0, 0.05) is 31.6 Å². The molecule has 2 fully saturated rings. The molecule has 0 bridgehead atoms. The zero-order valence-electron chi connectivity index (χ0n) is 19.9. The second-order valence-corrected chi connectivity index (χ2v) is 11.2. The number of morpholine rings is 1. The van der Waals surface area contributed by atoms with E-state index in [0.717, 1.165) is 62.0 Å². The van der Waals surface area contributed by atoms with Crippen molar-refractivity contribution in [1.29, 1.82) is 0 Å². The van der Waals surface area contributed by atoms with Crippen LogP contribution in [0.25, 0.3) is 10.9 Å². The maximum absolute atomic E-state index is 12.5. The summed E-state index contributed by atoms with van der Waals surface area (Å²) in [5.41, 5.74) is 0.945. The van der Waals surface area contributed by atoms with Crippen molar-refractivity contribution in [2.45, 2.75) is 30.6 Å². The topological polar surface area (TPSA) is 96.5 Å². The first-order valence-electron chi connectivity index (χ1n) is 12.5. The molecule has 2 aromatic carbocycles. The summed E-state index contributed by atoms with van der Waals surface area (Å²) in [6, 6.07) is 16.7. The van der Waals surface area contributed by atoms with E-state index in [9.17, 15) is 8.42 Å². The molecule has 1 saturated heterocycles. The summed E-state index contributed by atoms with van der Waals surface area (Å²) in [6.07, 6.45) is 4.16. The summed E-state index contributed by atoms with van der Waals surface area (Å²) in [5, 5.41) is 4.55. The molecule has 3 aromatic rings. The number of rotatable bonds is 8. The highest BCUT2D eigenvalue weighted by Gasteiger charge is 2.24. The third-order valence-corrected chi connectivity index (χ3v) is 8.46. The van der Waals surface area contributed by atoms with Crippen molar-refractivity contribution in [3.8, 4) is 0 Å². The van der Waals surface area contributed by atoms with Gasteiger partial charge < -0.3 is 15.0 Å². The van der Waals surface area contributed by atoms with Crippen LogP contribution in [0, 0.1) is 11.8 Å². The molecule has 0 radical (unpaired) electrons. The largest absolute Gasteiger partial charge is 0.378 e. The molecule has 9 heteroatoms. The van der Waals surface area contributed by atoms with Gasteiger partial charge in [-0.05, 0) is 61.8 Å². The predicted molar refractivity (Wildman–Crippen MR) is 138 cm³/mol. The Balaban J connectivity index is 1.15.